The summed E-state index contributed by atoms with van der Waals surface area (Å²) in [6.45, 7) is 1.93. The Bertz CT molecular complexity index is 6.00. The summed E-state index contributed by atoms with van der Waals surface area (Å²) in [5, 5.41) is 7.57. The molecule has 0 rings (SSSR count). The predicted molar refractivity (Wildman–Crippen MR) is 12.8 cm³/mol. The third-order valence-corrected chi connectivity index (χ3v) is 0. The fraction of sp³-hybridized carbons (Fsp3) is 1.00. The first-order valence-electron chi connectivity index (χ1n) is 1.02. The summed E-state index contributed by atoms with van der Waals surface area (Å²) in [5.41, 5.74) is 0. The van der Waals surface area contributed by atoms with E-state index in [-0.39, 0.29) is 33.9 Å². The first-order chi connectivity index (χ1) is 1.41. The molecule has 0 saturated carbocycles. The second-order valence-electron chi connectivity index (χ2n) is 0.316. The van der Waals surface area contributed by atoms with Gasteiger partial charge in [-0.25, -0.2) is 0 Å². The second kappa shape index (κ2) is 9.10. The van der Waals surface area contributed by atoms with Crippen LogP contribution < -0.4 is 0 Å². The first-order valence-corrected chi connectivity index (χ1v) is 1.02. The smallest absolute Gasteiger partial charge is 0.0402 e. The van der Waals surface area contributed by atoms with Gasteiger partial charge in [0.1, 0.15) is 0 Å². The largest absolute Gasteiger partial charge is 0.397 e. The quantitative estimate of drug-likeness (QED) is 0.492. The van der Waals surface area contributed by atoms with Crippen LogP contribution in [0.2, 0.25) is 0 Å². The van der Waals surface area contributed by atoms with Crippen LogP contribution in [0.25, 0.3) is 0 Å². The minimum atomic E-state index is 0. The third kappa shape index (κ3) is 13.1. The van der Waals surface area contributed by atoms with Gasteiger partial charge in [0.05, 0.1) is 0 Å². The van der Waals surface area contributed by atoms with E-state index in [1.807, 2.05) is 0 Å². The van der Waals surface area contributed by atoms with Crippen molar-refractivity contribution in [3.8, 4) is 0 Å². The van der Waals surface area contributed by atoms with E-state index in [1.54, 1.807) is 6.92 Å². The molecule has 0 aliphatic rings. The molecule has 0 amide bonds. The van der Waals surface area contributed by atoms with Crippen molar-refractivity contribution in [3.63, 3.8) is 0 Å². The SMILES string of the molecule is CCO.[Cd]. The molecule has 0 aliphatic carbocycles. The molecule has 0 aliphatic heterocycles. The fourth-order valence-corrected chi connectivity index (χ4v) is 0. The maximum atomic E-state index is 7.57. The Morgan fingerprint density at radius 3 is 1.75 bits per heavy atom. The van der Waals surface area contributed by atoms with E-state index < -0.39 is 0 Å². The van der Waals surface area contributed by atoms with Crippen LogP contribution in [0.1, 0.15) is 6.92 Å². The average Bonchev–Trinajstić information content (AvgIpc) is 0.918. The van der Waals surface area contributed by atoms with Gasteiger partial charge in [-0.1, -0.05) is 0 Å². The average molecular weight is 158 g/mol. The molecule has 0 aromatic rings. The Balaban J connectivity index is 0. The molecule has 0 aromatic carbocycles. The van der Waals surface area contributed by atoms with Crippen LogP contribution in [-0.2, 0) is 27.3 Å². The van der Waals surface area contributed by atoms with Crippen molar-refractivity contribution in [2.45, 2.75) is 6.92 Å². The fourth-order valence-electron chi connectivity index (χ4n) is 0. The molecule has 1 nitrogen and oxygen atoms in total. The van der Waals surface area contributed by atoms with Crippen molar-refractivity contribution in [2.24, 2.45) is 0 Å². The Labute approximate surface area is 46.2 Å². The molecule has 0 radical (unpaired) electrons. The normalized spacial score (nSPS) is 4.50. The molecule has 0 bridgehead atoms. The van der Waals surface area contributed by atoms with Gasteiger partial charge in [-0.2, -0.15) is 0 Å². The Kier molecular flexibility index (Phi) is 20.2. The van der Waals surface area contributed by atoms with Gasteiger partial charge in [0.2, 0.25) is 0 Å². The van der Waals surface area contributed by atoms with Crippen LogP contribution in [0.5, 0.6) is 0 Å². The maximum Gasteiger partial charge on any atom is 0.0402 e. The van der Waals surface area contributed by atoms with E-state index in [4.69, 9.17) is 5.11 Å². The topological polar surface area (TPSA) is 20.2 Å². The molecule has 0 heterocycles. The van der Waals surface area contributed by atoms with Crippen molar-refractivity contribution in [2.75, 3.05) is 6.61 Å². The van der Waals surface area contributed by atoms with E-state index in [2.05, 4.69) is 0 Å². The van der Waals surface area contributed by atoms with Crippen LogP contribution in [0.3, 0.4) is 0 Å². The Hall–Kier alpha value is 0.882. The van der Waals surface area contributed by atoms with Crippen molar-refractivity contribution >= 4 is 0 Å². The second-order valence-corrected chi connectivity index (χ2v) is 0.316. The van der Waals surface area contributed by atoms with Gasteiger partial charge in [-0.15, -0.1) is 0 Å². The van der Waals surface area contributed by atoms with Crippen molar-refractivity contribution in [1.29, 1.82) is 0 Å². The first kappa shape index (κ1) is 8.86. The van der Waals surface area contributed by atoms with E-state index in [9.17, 15) is 0 Å². The van der Waals surface area contributed by atoms with Gasteiger partial charge in [-0.05, 0) is 6.92 Å². The molecule has 0 aromatic heterocycles. The summed E-state index contributed by atoms with van der Waals surface area (Å²) >= 11 is 0. The number of rotatable bonds is 0. The van der Waals surface area contributed by atoms with Gasteiger partial charge >= 0.3 is 0 Å². The molecule has 0 unspecified atom stereocenters. The molecule has 0 atom stereocenters. The Morgan fingerprint density at radius 1 is 1.75 bits per heavy atom. The van der Waals surface area contributed by atoms with Crippen molar-refractivity contribution in [3.05, 3.63) is 0 Å². The van der Waals surface area contributed by atoms with Crippen LogP contribution in [-0.4, -0.2) is 11.7 Å². The predicted octanol–water partition coefficient (Wildman–Crippen LogP) is -0.00390. The third-order valence-electron chi connectivity index (χ3n) is 0. The molecule has 2 heteroatoms. The Morgan fingerprint density at radius 2 is 1.75 bits per heavy atom. The standard InChI is InChI=1S/C2H6O.Cd/c1-2-3;/h3H,2H2,1H3;. The number of aliphatic hydroxyl groups is 1. The minimum Gasteiger partial charge on any atom is -0.397 e. The van der Waals surface area contributed by atoms with Crippen molar-refractivity contribution in [1.82, 2.24) is 0 Å². The summed E-state index contributed by atoms with van der Waals surface area (Å²) < 4.78 is 0. The zero-order chi connectivity index (χ0) is 2.71. The van der Waals surface area contributed by atoms with Gasteiger partial charge < -0.3 is 5.11 Å². The van der Waals surface area contributed by atoms with Crippen molar-refractivity contribution < 1.29 is 32.4 Å². The molecule has 0 saturated heterocycles. The molecule has 0 spiro atoms. The number of hydrogen-bond donors (Lipinski definition) is 1. The van der Waals surface area contributed by atoms with Crippen LogP contribution >= 0.6 is 0 Å². The molecular weight excluding hydrogens is 152 g/mol. The number of hydrogen-bond acceptors (Lipinski definition) is 1. The summed E-state index contributed by atoms with van der Waals surface area (Å²) in [4.78, 5) is 0. The van der Waals surface area contributed by atoms with E-state index in [0.717, 1.165) is 0 Å². The van der Waals surface area contributed by atoms with Crippen LogP contribution in [0.4, 0.5) is 0 Å². The van der Waals surface area contributed by atoms with E-state index >= 15 is 0 Å². The van der Waals surface area contributed by atoms with E-state index in [1.165, 1.54) is 0 Å². The van der Waals surface area contributed by atoms with Gasteiger partial charge in [0.25, 0.3) is 0 Å². The maximum absolute atomic E-state index is 7.57. The van der Waals surface area contributed by atoms with Gasteiger partial charge in [0.15, 0.2) is 0 Å². The zero-order valence-electron chi connectivity index (χ0n) is 2.86. The summed E-state index contributed by atoms with van der Waals surface area (Å²) in [6.07, 6.45) is 0. The van der Waals surface area contributed by atoms with Crippen LogP contribution in [0, 0.1) is 0 Å². The molecular formula is C2H6CdO. The van der Waals surface area contributed by atoms with Gasteiger partial charge in [0, 0.05) is 33.9 Å². The van der Waals surface area contributed by atoms with Crippen LogP contribution in [0.15, 0.2) is 0 Å². The monoisotopic (exact) mass is 160 g/mol. The minimum absolute atomic E-state index is 0. The molecule has 4 heavy (non-hydrogen) atoms. The molecule has 0 fully saturated rings. The van der Waals surface area contributed by atoms with Gasteiger partial charge in [-0.3, -0.25) is 0 Å². The van der Waals surface area contributed by atoms with E-state index in [0.29, 0.717) is 0 Å². The number of aliphatic hydroxyl groups excluding tert-OH is 1. The summed E-state index contributed by atoms with van der Waals surface area (Å²) in [5.74, 6) is 0. The summed E-state index contributed by atoms with van der Waals surface area (Å²) in [7, 11) is 0. The zero-order valence-corrected chi connectivity index (χ0v) is 6.90. The summed E-state index contributed by atoms with van der Waals surface area (Å²) in [6, 6.07) is 0. The molecule has 1 N–H and O–H groups in total. The molecule has 22 valence electrons.